The summed E-state index contributed by atoms with van der Waals surface area (Å²) in [6.45, 7) is 4.74. The molecule has 0 aliphatic carbocycles. The Hall–Kier alpha value is -2.08. The standard InChI is InChI=1S/C16H21NO5/c1-11-4-3-5-13(8-11)22-12(2)16(20)17-6-7-21-14(10-17)9-15(18)19/h3-5,8,12,14H,6-7,9-10H2,1-2H3,(H,18,19)/t12-,14-/m0/s1. The van der Waals surface area contributed by atoms with E-state index >= 15 is 0 Å². The molecule has 0 bridgehead atoms. The van der Waals surface area contributed by atoms with Gasteiger partial charge in [-0.2, -0.15) is 0 Å². The molecule has 0 aromatic heterocycles. The van der Waals surface area contributed by atoms with Gasteiger partial charge >= 0.3 is 5.97 Å². The predicted octanol–water partition coefficient (Wildman–Crippen LogP) is 1.46. The molecule has 120 valence electrons. The van der Waals surface area contributed by atoms with E-state index in [1.54, 1.807) is 11.8 Å². The van der Waals surface area contributed by atoms with Crippen molar-refractivity contribution in [2.45, 2.75) is 32.5 Å². The SMILES string of the molecule is Cc1cccc(O[C@@H](C)C(=O)N2CCO[C@@H](CC(=O)O)C2)c1. The second-order valence-corrected chi connectivity index (χ2v) is 5.45. The Balaban J connectivity index is 1.93. The molecule has 1 fully saturated rings. The molecule has 22 heavy (non-hydrogen) atoms. The smallest absolute Gasteiger partial charge is 0.306 e. The number of carboxylic acid groups (broad SMARTS) is 1. The first-order chi connectivity index (χ1) is 10.5. The van der Waals surface area contributed by atoms with Crippen molar-refractivity contribution in [1.82, 2.24) is 4.90 Å². The van der Waals surface area contributed by atoms with Gasteiger partial charge in [-0.05, 0) is 31.5 Å². The number of rotatable bonds is 5. The molecule has 1 aromatic carbocycles. The normalized spacial score (nSPS) is 19.5. The Bertz CT molecular complexity index is 545. The zero-order valence-electron chi connectivity index (χ0n) is 12.8. The zero-order chi connectivity index (χ0) is 16.1. The van der Waals surface area contributed by atoms with E-state index in [1.165, 1.54) is 0 Å². The lowest BCUT2D eigenvalue weighted by Gasteiger charge is -2.33. The second kappa shape index (κ2) is 7.26. The predicted molar refractivity (Wildman–Crippen MR) is 79.8 cm³/mol. The van der Waals surface area contributed by atoms with Crippen molar-refractivity contribution in [3.63, 3.8) is 0 Å². The molecule has 1 saturated heterocycles. The molecule has 0 unspecified atom stereocenters. The molecule has 2 rings (SSSR count). The number of hydrogen-bond acceptors (Lipinski definition) is 4. The monoisotopic (exact) mass is 307 g/mol. The topological polar surface area (TPSA) is 76.1 Å². The molecule has 0 saturated carbocycles. The quantitative estimate of drug-likeness (QED) is 0.891. The van der Waals surface area contributed by atoms with Gasteiger partial charge in [0.05, 0.1) is 19.1 Å². The third kappa shape index (κ3) is 4.46. The number of ether oxygens (including phenoxy) is 2. The average molecular weight is 307 g/mol. The number of hydrogen-bond donors (Lipinski definition) is 1. The van der Waals surface area contributed by atoms with Crippen LogP contribution in [0.15, 0.2) is 24.3 Å². The summed E-state index contributed by atoms with van der Waals surface area (Å²) in [7, 11) is 0. The van der Waals surface area contributed by atoms with Crippen LogP contribution >= 0.6 is 0 Å². The summed E-state index contributed by atoms with van der Waals surface area (Å²) in [5.41, 5.74) is 1.06. The van der Waals surface area contributed by atoms with E-state index in [0.717, 1.165) is 5.56 Å². The summed E-state index contributed by atoms with van der Waals surface area (Å²) >= 11 is 0. The van der Waals surface area contributed by atoms with Gasteiger partial charge in [0.1, 0.15) is 5.75 Å². The molecule has 1 aromatic rings. The van der Waals surface area contributed by atoms with Crippen molar-refractivity contribution in [3.05, 3.63) is 29.8 Å². The lowest BCUT2D eigenvalue weighted by molar-refractivity contribution is -0.151. The largest absolute Gasteiger partial charge is 0.481 e. The van der Waals surface area contributed by atoms with Crippen LogP contribution in [0.1, 0.15) is 18.9 Å². The Morgan fingerprint density at radius 3 is 2.95 bits per heavy atom. The maximum atomic E-state index is 12.4. The Labute approximate surface area is 129 Å². The van der Waals surface area contributed by atoms with Gasteiger partial charge < -0.3 is 19.5 Å². The fraction of sp³-hybridized carbons (Fsp3) is 0.500. The molecule has 1 aliphatic rings. The third-order valence-corrected chi connectivity index (χ3v) is 3.50. The minimum atomic E-state index is -0.927. The Morgan fingerprint density at radius 2 is 2.27 bits per heavy atom. The fourth-order valence-corrected chi connectivity index (χ4v) is 2.44. The molecular weight excluding hydrogens is 286 g/mol. The molecule has 1 N–H and O–H groups in total. The molecular formula is C16H21NO5. The molecule has 6 heteroatoms. The van der Waals surface area contributed by atoms with Crippen molar-refractivity contribution in [3.8, 4) is 5.75 Å². The van der Waals surface area contributed by atoms with Crippen LogP contribution in [0, 0.1) is 6.92 Å². The summed E-state index contributed by atoms with van der Waals surface area (Å²) in [5, 5.41) is 8.81. The summed E-state index contributed by atoms with van der Waals surface area (Å²) in [6.07, 6.45) is -1.18. The highest BCUT2D eigenvalue weighted by Gasteiger charge is 2.29. The number of carboxylic acids is 1. The Kier molecular flexibility index (Phi) is 5.38. The van der Waals surface area contributed by atoms with E-state index < -0.39 is 18.2 Å². The summed E-state index contributed by atoms with van der Waals surface area (Å²) in [5.74, 6) is -0.431. The highest BCUT2D eigenvalue weighted by molar-refractivity contribution is 5.81. The van der Waals surface area contributed by atoms with Gasteiger partial charge in [-0.3, -0.25) is 9.59 Å². The van der Waals surface area contributed by atoms with Crippen LogP contribution in [-0.4, -0.2) is 53.8 Å². The van der Waals surface area contributed by atoms with Crippen molar-refractivity contribution >= 4 is 11.9 Å². The maximum Gasteiger partial charge on any atom is 0.306 e. The molecule has 1 aliphatic heterocycles. The zero-order valence-corrected chi connectivity index (χ0v) is 12.8. The van der Waals surface area contributed by atoms with Crippen LogP contribution in [0.5, 0.6) is 5.75 Å². The maximum absolute atomic E-state index is 12.4. The molecule has 2 atom stereocenters. The highest BCUT2D eigenvalue weighted by Crippen LogP contribution is 2.16. The van der Waals surface area contributed by atoms with Gasteiger partial charge in [0.25, 0.3) is 5.91 Å². The van der Waals surface area contributed by atoms with E-state index in [9.17, 15) is 9.59 Å². The number of aryl methyl sites for hydroxylation is 1. The number of aliphatic carboxylic acids is 1. The van der Waals surface area contributed by atoms with Gasteiger partial charge in [-0.1, -0.05) is 12.1 Å². The van der Waals surface area contributed by atoms with Gasteiger partial charge in [0, 0.05) is 13.1 Å². The number of carbonyl (C=O) groups is 2. The molecule has 1 amide bonds. The number of nitrogens with zero attached hydrogens (tertiary/aromatic N) is 1. The highest BCUT2D eigenvalue weighted by atomic mass is 16.5. The minimum absolute atomic E-state index is 0.100. The van der Waals surface area contributed by atoms with E-state index in [2.05, 4.69) is 0 Å². The van der Waals surface area contributed by atoms with Crippen LogP contribution in [0.25, 0.3) is 0 Å². The van der Waals surface area contributed by atoms with Crippen molar-refractivity contribution < 1.29 is 24.2 Å². The number of amides is 1. The minimum Gasteiger partial charge on any atom is -0.481 e. The van der Waals surface area contributed by atoms with Gasteiger partial charge in [0.2, 0.25) is 0 Å². The molecule has 6 nitrogen and oxygen atoms in total. The Morgan fingerprint density at radius 1 is 1.50 bits per heavy atom. The van der Waals surface area contributed by atoms with E-state index in [-0.39, 0.29) is 18.9 Å². The summed E-state index contributed by atoms with van der Waals surface area (Å²) < 4.78 is 11.0. The molecule has 1 heterocycles. The van der Waals surface area contributed by atoms with E-state index in [0.29, 0.717) is 18.9 Å². The summed E-state index contributed by atoms with van der Waals surface area (Å²) in [6, 6.07) is 7.51. The van der Waals surface area contributed by atoms with Crippen LogP contribution in [0.2, 0.25) is 0 Å². The van der Waals surface area contributed by atoms with E-state index in [4.69, 9.17) is 14.6 Å². The fourth-order valence-electron chi connectivity index (χ4n) is 2.44. The van der Waals surface area contributed by atoms with Crippen molar-refractivity contribution in [2.75, 3.05) is 19.7 Å². The average Bonchev–Trinajstić information content (AvgIpc) is 2.46. The van der Waals surface area contributed by atoms with Crippen LogP contribution in [0.4, 0.5) is 0 Å². The number of benzene rings is 1. The molecule has 0 spiro atoms. The van der Waals surface area contributed by atoms with E-state index in [1.807, 2.05) is 31.2 Å². The van der Waals surface area contributed by atoms with Crippen LogP contribution in [0.3, 0.4) is 0 Å². The first-order valence-electron chi connectivity index (χ1n) is 7.31. The van der Waals surface area contributed by atoms with Crippen molar-refractivity contribution in [2.24, 2.45) is 0 Å². The second-order valence-electron chi connectivity index (χ2n) is 5.45. The number of carbonyl (C=O) groups excluding carboxylic acids is 1. The lowest BCUT2D eigenvalue weighted by Crippen LogP contribution is -2.50. The number of morpholine rings is 1. The first kappa shape index (κ1) is 16.3. The first-order valence-corrected chi connectivity index (χ1v) is 7.31. The van der Waals surface area contributed by atoms with Gasteiger partial charge in [-0.25, -0.2) is 0 Å². The van der Waals surface area contributed by atoms with Gasteiger partial charge in [-0.15, -0.1) is 0 Å². The van der Waals surface area contributed by atoms with Crippen LogP contribution in [-0.2, 0) is 14.3 Å². The summed E-state index contributed by atoms with van der Waals surface area (Å²) in [4.78, 5) is 24.8. The lowest BCUT2D eigenvalue weighted by atomic mass is 10.2. The molecule has 0 radical (unpaired) electrons. The third-order valence-electron chi connectivity index (χ3n) is 3.50. The van der Waals surface area contributed by atoms with Crippen LogP contribution < -0.4 is 4.74 Å². The van der Waals surface area contributed by atoms with Gasteiger partial charge in [0.15, 0.2) is 6.10 Å². The van der Waals surface area contributed by atoms with Crippen molar-refractivity contribution in [1.29, 1.82) is 0 Å².